The number of hydrogen-bond acceptors (Lipinski definition) is 3. The number of benzene rings is 1. The molecule has 3 nitrogen and oxygen atoms in total. The van der Waals surface area contributed by atoms with Gasteiger partial charge >= 0.3 is 0 Å². The second kappa shape index (κ2) is 8.33. The number of rotatable bonds is 8. The van der Waals surface area contributed by atoms with Gasteiger partial charge in [-0.3, -0.25) is 4.21 Å². The zero-order valence-electron chi connectivity index (χ0n) is 12.4. The maximum absolute atomic E-state index is 12.0. The molecule has 1 aromatic rings. The van der Waals surface area contributed by atoms with Crippen molar-refractivity contribution in [2.45, 2.75) is 38.5 Å². The Balaban J connectivity index is 2.86. The van der Waals surface area contributed by atoms with Gasteiger partial charge in [-0.25, -0.2) is 0 Å². The average Bonchev–Trinajstić information content (AvgIpc) is 2.44. The fourth-order valence-corrected chi connectivity index (χ4v) is 3.23. The van der Waals surface area contributed by atoms with E-state index in [-0.39, 0.29) is 6.04 Å². The maximum Gasteiger partial charge on any atom is 0.123 e. The van der Waals surface area contributed by atoms with Gasteiger partial charge in [0.2, 0.25) is 0 Å². The Bertz CT molecular complexity index is 421. The molecule has 1 rings (SSSR count). The summed E-state index contributed by atoms with van der Waals surface area (Å²) in [7, 11) is 2.79. The second-order valence-electron chi connectivity index (χ2n) is 4.72. The lowest BCUT2D eigenvalue weighted by atomic mass is 10.1. The van der Waals surface area contributed by atoms with E-state index < -0.39 is 10.8 Å². The Morgan fingerprint density at radius 2 is 2.16 bits per heavy atom. The molecule has 4 heteroatoms. The lowest BCUT2D eigenvalue weighted by Gasteiger charge is -2.15. The van der Waals surface area contributed by atoms with Gasteiger partial charge in [-0.05, 0) is 38.1 Å². The van der Waals surface area contributed by atoms with Crippen molar-refractivity contribution in [1.29, 1.82) is 0 Å². The zero-order valence-corrected chi connectivity index (χ0v) is 13.2. The Labute approximate surface area is 119 Å². The van der Waals surface area contributed by atoms with Crippen LogP contribution < -0.4 is 10.1 Å². The molecule has 0 amide bonds. The molecule has 19 heavy (non-hydrogen) atoms. The molecule has 0 heterocycles. The summed E-state index contributed by atoms with van der Waals surface area (Å²) in [5.41, 5.74) is 2.24. The first kappa shape index (κ1) is 16.2. The first-order valence-corrected chi connectivity index (χ1v) is 8.30. The molecule has 0 aliphatic rings. The van der Waals surface area contributed by atoms with Crippen LogP contribution in [0.25, 0.3) is 0 Å². The molecule has 0 fully saturated rings. The zero-order chi connectivity index (χ0) is 14.3. The van der Waals surface area contributed by atoms with E-state index in [1.165, 1.54) is 5.56 Å². The molecule has 1 N–H and O–H groups in total. The number of nitrogens with one attached hydrogen (secondary N) is 1. The van der Waals surface area contributed by atoms with Gasteiger partial charge in [-0.2, -0.15) is 0 Å². The summed E-state index contributed by atoms with van der Waals surface area (Å²) in [6.45, 7) is 4.23. The quantitative estimate of drug-likeness (QED) is 0.797. The summed E-state index contributed by atoms with van der Waals surface area (Å²) in [5.74, 6) is 2.18. The standard InChI is InChI=1S/C15H25NO2S/c1-5-6-9-19(17)11-14-10-13(12(2)16-3)7-8-15(14)18-4/h7-8,10,12,16H,5-6,9,11H2,1-4H3. The fraction of sp³-hybridized carbons (Fsp3) is 0.600. The van der Waals surface area contributed by atoms with Crippen LogP contribution in [0.2, 0.25) is 0 Å². The third-order valence-electron chi connectivity index (χ3n) is 3.28. The van der Waals surface area contributed by atoms with Crippen molar-refractivity contribution in [2.24, 2.45) is 0 Å². The molecule has 1 aromatic carbocycles. The van der Waals surface area contributed by atoms with Crippen LogP contribution in [0.4, 0.5) is 0 Å². The molecular formula is C15H25NO2S. The predicted molar refractivity (Wildman–Crippen MR) is 82.1 cm³/mol. The van der Waals surface area contributed by atoms with Crippen LogP contribution in [-0.2, 0) is 16.6 Å². The van der Waals surface area contributed by atoms with Gasteiger partial charge in [0.15, 0.2) is 0 Å². The van der Waals surface area contributed by atoms with Crippen molar-refractivity contribution in [3.8, 4) is 5.75 Å². The average molecular weight is 283 g/mol. The van der Waals surface area contributed by atoms with Crippen LogP contribution in [0.5, 0.6) is 5.75 Å². The van der Waals surface area contributed by atoms with Crippen molar-refractivity contribution < 1.29 is 8.95 Å². The lowest BCUT2D eigenvalue weighted by molar-refractivity contribution is 0.411. The molecule has 0 spiro atoms. The molecule has 0 bridgehead atoms. The number of methoxy groups -OCH3 is 1. The first-order chi connectivity index (χ1) is 9.12. The summed E-state index contributed by atoms with van der Waals surface area (Å²) in [5, 5.41) is 3.22. The second-order valence-corrected chi connectivity index (χ2v) is 6.30. The summed E-state index contributed by atoms with van der Waals surface area (Å²) < 4.78 is 17.4. The minimum atomic E-state index is -0.807. The normalized spacial score (nSPS) is 14.1. The topological polar surface area (TPSA) is 38.3 Å². The smallest absolute Gasteiger partial charge is 0.123 e. The van der Waals surface area contributed by atoms with Crippen LogP contribution >= 0.6 is 0 Å². The van der Waals surface area contributed by atoms with E-state index >= 15 is 0 Å². The summed E-state index contributed by atoms with van der Waals surface area (Å²) in [6.07, 6.45) is 2.10. The Hall–Kier alpha value is -0.870. The fourth-order valence-electron chi connectivity index (χ4n) is 1.90. The molecule has 2 atom stereocenters. The van der Waals surface area contributed by atoms with Crippen molar-refractivity contribution in [3.63, 3.8) is 0 Å². The van der Waals surface area contributed by atoms with Gasteiger partial charge < -0.3 is 10.1 Å². The molecule has 0 saturated heterocycles. The van der Waals surface area contributed by atoms with Crippen LogP contribution in [-0.4, -0.2) is 24.1 Å². The van der Waals surface area contributed by atoms with Gasteiger partial charge in [-0.15, -0.1) is 0 Å². The van der Waals surface area contributed by atoms with Gasteiger partial charge in [0.25, 0.3) is 0 Å². The number of hydrogen-bond donors (Lipinski definition) is 1. The van der Waals surface area contributed by atoms with Gasteiger partial charge in [0.1, 0.15) is 5.75 Å². The van der Waals surface area contributed by atoms with Crippen molar-refractivity contribution >= 4 is 10.8 Å². The molecule has 0 aromatic heterocycles. The molecule has 0 aliphatic heterocycles. The molecule has 108 valence electrons. The number of unbranched alkanes of at least 4 members (excludes halogenated alkanes) is 1. The highest BCUT2D eigenvalue weighted by Gasteiger charge is 2.11. The Kier molecular flexibility index (Phi) is 7.10. The third kappa shape index (κ3) is 4.96. The van der Waals surface area contributed by atoms with E-state index in [2.05, 4.69) is 31.3 Å². The van der Waals surface area contributed by atoms with E-state index in [0.29, 0.717) is 5.75 Å². The first-order valence-electron chi connectivity index (χ1n) is 6.81. The van der Waals surface area contributed by atoms with Crippen LogP contribution in [0.3, 0.4) is 0 Å². The van der Waals surface area contributed by atoms with Gasteiger partial charge in [0.05, 0.1) is 12.9 Å². The maximum atomic E-state index is 12.0. The molecule has 0 aliphatic carbocycles. The monoisotopic (exact) mass is 283 g/mol. The van der Waals surface area contributed by atoms with Crippen molar-refractivity contribution in [3.05, 3.63) is 29.3 Å². The predicted octanol–water partition coefficient (Wildman–Crippen LogP) is 3.02. The minimum Gasteiger partial charge on any atom is -0.496 e. The highest BCUT2D eigenvalue weighted by atomic mass is 32.2. The van der Waals surface area contributed by atoms with Crippen molar-refractivity contribution in [2.75, 3.05) is 19.9 Å². The molecule has 2 unspecified atom stereocenters. The minimum absolute atomic E-state index is 0.286. The lowest BCUT2D eigenvalue weighted by Crippen LogP contribution is -2.13. The molecular weight excluding hydrogens is 258 g/mol. The van der Waals surface area contributed by atoms with E-state index in [1.807, 2.05) is 13.1 Å². The van der Waals surface area contributed by atoms with E-state index in [0.717, 1.165) is 29.9 Å². The van der Waals surface area contributed by atoms with E-state index in [9.17, 15) is 4.21 Å². The van der Waals surface area contributed by atoms with Crippen LogP contribution in [0, 0.1) is 0 Å². The summed E-state index contributed by atoms with van der Waals surface area (Å²) in [6, 6.07) is 6.41. The largest absolute Gasteiger partial charge is 0.496 e. The van der Waals surface area contributed by atoms with Crippen molar-refractivity contribution in [1.82, 2.24) is 5.32 Å². The summed E-state index contributed by atoms with van der Waals surface area (Å²) in [4.78, 5) is 0. The summed E-state index contributed by atoms with van der Waals surface area (Å²) >= 11 is 0. The Morgan fingerprint density at radius 3 is 2.74 bits per heavy atom. The van der Waals surface area contributed by atoms with E-state index in [4.69, 9.17) is 4.74 Å². The molecule has 0 radical (unpaired) electrons. The highest BCUT2D eigenvalue weighted by molar-refractivity contribution is 7.84. The Morgan fingerprint density at radius 1 is 1.42 bits per heavy atom. The highest BCUT2D eigenvalue weighted by Crippen LogP contribution is 2.24. The van der Waals surface area contributed by atoms with Crippen LogP contribution in [0.15, 0.2) is 18.2 Å². The number of ether oxygens (including phenoxy) is 1. The molecule has 0 saturated carbocycles. The van der Waals surface area contributed by atoms with Crippen LogP contribution in [0.1, 0.15) is 43.9 Å². The SMILES string of the molecule is CCCCS(=O)Cc1cc(C(C)NC)ccc1OC. The van der Waals surface area contributed by atoms with Gasteiger partial charge in [-0.1, -0.05) is 19.4 Å². The third-order valence-corrected chi connectivity index (χ3v) is 4.66. The van der Waals surface area contributed by atoms with E-state index in [1.54, 1.807) is 7.11 Å². The van der Waals surface area contributed by atoms with Gasteiger partial charge in [0, 0.05) is 28.2 Å².